The molecule has 2 unspecified atom stereocenters. The fourth-order valence-corrected chi connectivity index (χ4v) is 4.18. The Labute approximate surface area is 149 Å². The normalized spacial score (nSPS) is 28.8. The Morgan fingerprint density at radius 2 is 1.76 bits per heavy atom. The molecule has 0 saturated heterocycles. The van der Waals surface area contributed by atoms with E-state index in [1.807, 2.05) is 0 Å². The molecule has 0 radical (unpaired) electrons. The average molecular weight is 381 g/mol. The lowest BCUT2D eigenvalue weighted by Gasteiger charge is -2.45. The standard InChI is InChI=1S/C17H20F4N2O.ClH/c18-14-12(5-2-6-13(14)17(19,20)21)16(24)23-15-9-3-1-4-10(15)8-11(22)7-9;/h2,5-6,9-11,15H,1,3-4,7-8,22H2,(H,23,24);1H. The fraction of sp³-hybridized carbons (Fsp3) is 0.588. The highest BCUT2D eigenvalue weighted by Gasteiger charge is 2.41. The Morgan fingerprint density at radius 1 is 1.16 bits per heavy atom. The van der Waals surface area contributed by atoms with Crippen LogP contribution >= 0.6 is 12.4 Å². The quantitative estimate of drug-likeness (QED) is 0.764. The van der Waals surface area contributed by atoms with Crippen LogP contribution in [0.15, 0.2) is 18.2 Å². The smallest absolute Gasteiger partial charge is 0.349 e. The maximum absolute atomic E-state index is 14.1. The summed E-state index contributed by atoms with van der Waals surface area (Å²) in [6, 6.07) is 2.74. The Bertz CT molecular complexity index is 624. The molecule has 3 rings (SSSR count). The number of nitrogens with two attached hydrogens (primary N) is 1. The summed E-state index contributed by atoms with van der Waals surface area (Å²) in [5.41, 5.74) is 4.05. The van der Waals surface area contributed by atoms with Crippen molar-refractivity contribution in [3.05, 3.63) is 35.1 Å². The van der Waals surface area contributed by atoms with Gasteiger partial charge in [-0.1, -0.05) is 12.5 Å². The van der Waals surface area contributed by atoms with E-state index < -0.39 is 29.0 Å². The van der Waals surface area contributed by atoms with Crippen LogP contribution in [-0.2, 0) is 6.18 Å². The first-order valence-corrected chi connectivity index (χ1v) is 8.19. The molecule has 2 saturated carbocycles. The third-order valence-electron chi connectivity index (χ3n) is 5.22. The van der Waals surface area contributed by atoms with E-state index in [9.17, 15) is 22.4 Å². The van der Waals surface area contributed by atoms with Gasteiger partial charge in [-0.2, -0.15) is 13.2 Å². The molecule has 140 valence electrons. The lowest BCUT2D eigenvalue weighted by atomic mass is 9.67. The first-order valence-electron chi connectivity index (χ1n) is 8.19. The highest BCUT2D eigenvalue weighted by Crippen LogP contribution is 2.40. The van der Waals surface area contributed by atoms with Crippen molar-refractivity contribution in [3.63, 3.8) is 0 Å². The Morgan fingerprint density at radius 3 is 2.32 bits per heavy atom. The van der Waals surface area contributed by atoms with Crippen molar-refractivity contribution in [1.29, 1.82) is 0 Å². The molecular weight excluding hydrogens is 360 g/mol. The number of amides is 1. The molecule has 2 bridgehead atoms. The van der Waals surface area contributed by atoms with E-state index in [-0.39, 0.29) is 36.3 Å². The third-order valence-corrected chi connectivity index (χ3v) is 5.22. The van der Waals surface area contributed by atoms with Gasteiger partial charge in [-0.15, -0.1) is 12.4 Å². The lowest BCUT2D eigenvalue weighted by molar-refractivity contribution is -0.140. The second-order valence-electron chi connectivity index (χ2n) is 6.85. The highest BCUT2D eigenvalue weighted by molar-refractivity contribution is 5.95. The zero-order valence-electron chi connectivity index (χ0n) is 13.5. The molecule has 2 fully saturated rings. The Hall–Kier alpha value is -1.34. The number of benzene rings is 1. The lowest BCUT2D eigenvalue weighted by Crippen LogP contribution is -2.53. The number of hydrogen-bond donors (Lipinski definition) is 2. The summed E-state index contributed by atoms with van der Waals surface area (Å²) in [4.78, 5) is 12.4. The zero-order valence-corrected chi connectivity index (χ0v) is 14.3. The van der Waals surface area contributed by atoms with E-state index in [1.54, 1.807) is 0 Å². The molecule has 0 aromatic heterocycles. The highest BCUT2D eigenvalue weighted by atomic mass is 35.5. The maximum atomic E-state index is 14.1. The minimum Gasteiger partial charge on any atom is -0.349 e. The molecule has 8 heteroatoms. The van der Waals surface area contributed by atoms with Crippen LogP contribution in [0.4, 0.5) is 17.6 Å². The van der Waals surface area contributed by atoms with E-state index in [0.29, 0.717) is 6.07 Å². The van der Waals surface area contributed by atoms with Crippen molar-refractivity contribution in [3.8, 4) is 0 Å². The van der Waals surface area contributed by atoms with E-state index in [4.69, 9.17) is 5.73 Å². The molecular formula is C17H21ClF4N2O. The van der Waals surface area contributed by atoms with Gasteiger partial charge in [-0.25, -0.2) is 4.39 Å². The van der Waals surface area contributed by atoms with Gasteiger partial charge in [0.05, 0.1) is 11.1 Å². The molecule has 0 heterocycles. The first-order chi connectivity index (χ1) is 11.3. The Kier molecular flexibility index (Phi) is 5.99. The van der Waals surface area contributed by atoms with Crippen LogP contribution in [0.25, 0.3) is 0 Å². The van der Waals surface area contributed by atoms with E-state index in [1.165, 1.54) is 0 Å². The summed E-state index contributed by atoms with van der Waals surface area (Å²) in [7, 11) is 0. The number of alkyl halides is 3. The Balaban J connectivity index is 0.00000225. The number of hydrogen-bond acceptors (Lipinski definition) is 2. The fourth-order valence-electron chi connectivity index (χ4n) is 4.18. The van der Waals surface area contributed by atoms with Crippen molar-refractivity contribution < 1.29 is 22.4 Å². The number of fused-ring (bicyclic) bond motifs is 2. The molecule has 3 N–H and O–H groups in total. The topological polar surface area (TPSA) is 55.1 Å². The van der Waals surface area contributed by atoms with Crippen molar-refractivity contribution in [2.45, 2.75) is 50.4 Å². The van der Waals surface area contributed by atoms with E-state index in [0.717, 1.165) is 44.2 Å². The molecule has 2 aliphatic carbocycles. The maximum Gasteiger partial charge on any atom is 0.419 e. The van der Waals surface area contributed by atoms with Gasteiger partial charge in [0, 0.05) is 12.1 Å². The van der Waals surface area contributed by atoms with Crippen molar-refractivity contribution >= 4 is 18.3 Å². The van der Waals surface area contributed by atoms with Crippen LogP contribution in [0.2, 0.25) is 0 Å². The summed E-state index contributed by atoms with van der Waals surface area (Å²) < 4.78 is 52.5. The largest absolute Gasteiger partial charge is 0.419 e. The predicted molar refractivity (Wildman–Crippen MR) is 87.9 cm³/mol. The summed E-state index contributed by atoms with van der Waals surface area (Å²) in [5, 5.41) is 2.78. The monoisotopic (exact) mass is 380 g/mol. The third kappa shape index (κ3) is 4.08. The SMILES string of the molecule is Cl.NC1CC2CCCC(C1)C2NC(=O)c1cccc(C(F)(F)F)c1F. The van der Waals surface area contributed by atoms with Crippen LogP contribution in [0.1, 0.15) is 48.0 Å². The van der Waals surface area contributed by atoms with Gasteiger partial charge in [0.1, 0.15) is 5.82 Å². The van der Waals surface area contributed by atoms with Crippen LogP contribution in [0.5, 0.6) is 0 Å². The summed E-state index contributed by atoms with van der Waals surface area (Å²) >= 11 is 0. The number of nitrogens with one attached hydrogen (secondary N) is 1. The van der Waals surface area contributed by atoms with Crippen molar-refractivity contribution in [2.24, 2.45) is 17.6 Å². The number of carbonyl (C=O) groups is 1. The summed E-state index contributed by atoms with van der Waals surface area (Å²) in [5.74, 6) is -1.87. The minimum atomic E-state index is -4.82. The molecule has 2 aliphatic rings. The van der Waals surface area contributed by atoms with Gasteiger partial charge in [-0.3, -0.25) is 4.79 Å². The van der Waals surface area contributed by atoms with Gasteiger partial charge < -0.3 is 11.1 Å². The second kappa shape index (κ2) is 7.50. The first kappa shape index (κ1) is 20.0. The molecule has 1 amide bonds. The molecule has 0 spiro atoms. The van der Waals surface area contributed by atoms with E-state index in [2.05, 4.69) is 5.32 Å². The summed E-state index contributed by atoms with van der Waals surface area (Å²) in [6.45, 7) is 0. The zero-order chi connectivity index (χ0) is 17.5. The number of halogens is 5. The molecule has 0 aliphatic heterocycles. The summed E-state index contributed by atoms with van der Waals surface area (Å²) in [6.07, 6.45) is -0.333. The van der Waals surface area contributed by atoms with Crippen molar-refractivity contribution in [1.82, 2.24) is 5.32 Å². The van der Waals surface area contributed by atoms with Crippen LogP contribution in [0.3, 0.4) is 0 Å². The predicted octanol–water partition coefficient (Wildman–Crippen LogP) is 3.90. The van der Waals surface area contributed by atoms with Gasteiger partial charge in [-0.05, 0) is 49.7 Å². The second-order valence-corrected chi connectivity index (χ2v) is 6.85. The van der Waals surface area contributed by atoms with E-state index >= 15 is 0 Å². The van der Waals surface area contributed by atoms with Gasteiger partial charge >= 0.3 is 6.18 Å². The molecule has 1 aromatic carbocycles. The van der Waals surface area contributed by atoms with Crippen LogP contribution in [0, 0.1) is 17.7 Å². The number of rotatable bonds is 2. The molecule has 1 aromatic rings. The van der Waals surface area contributed by atoms with Crippen LogP contribution in [-0.4, -0.2) is 18.0 Å². The molecule has 2 atom stereocenters. The molecule has 25 heavy (non-hydrogen) atoms. The van der Waals surface area contributed by atoms with Gasteiger partial charge in [0.15, 0.2) is 0 Å². The minimum absolute atomic E-state index is 0. The molecule has 3 nitrogen and oxygen atoms in total. The van der Waals surface area contributed by atoms with Crippen molar-refractivity contribution in [2.75, 3.05) is 0 Å². The number of carbonyl (C=O) groups excluding carboxylic acids is 1. The van der Waals surface area contributed by atoms with Gasteiger partial charge in [0.2, 0.25) is 0 Å². The average Bonchev–Trinajstić information content (AvgIpc) is 2.47. The van der Waals surface area contributed by atoms with Gasteiger partial charge in [0.25, 0.3) is 5.91 Å². The van der Waals surface area contributed by atoms with Crippen LogP contribution < -0.4 is 11.1 Å².